The minimum Gasteiger partial charge on any atom is -0.382 e. The fraction of sp³-hybridized carbons (Fsp3) is 0.545. The van der Waals surface area contributed by atoms with Crippen LogP contribution in [0.25, 0.3) is 0 Å². The van der Waals surface area contributed by atoms with Crippen molar-refractivity contribution in [2.45, 2.75) is 6.54 Å². The maximum atomic E-state index is 11.7. The molecular weight excluding hydrogens is 234 g/mol. The highest BCUT2D eigenvalue weighted by Gasteiger charge is 2.07. The molecule has 0 aliphatic heterocycles. The van der Waals surface area contributed by atoms with Crippen molar-refractivity contribution in [1.82, 2.24) is 20.0 Å². The Balaban J connectivity index is 2.68. The van der Waals surface area contributed by atoms with Crippen molar-refractivity contribution in [3.05, 3.63) is 22.6 Å². The highest BCUT2D eigenvalue weighted by molar-refractivity contribution is 5.75. The van der Waals surface area contributed by atoms with Gasteiger partial charge in [-0.05, 0) is 7.05 Å². The molecule has 1 amide bonds. The first kappa shape index (κ1) is 14.2. The molecule has 1 rings (SSSR count). The molecule has 0 aromatic carbocycles. The molecule has 0 unspecified atom stereocenters. The number of amides is 1. The van der Waals surface area contributed by atoms with Crippen molar-refractivity contribution in [3.63, 3.8) is 0 Å². The summed E-state index contributed by atoms with van der Waals surface area (Å²) in [7, 11) is 5.13. The van der Waals surface area contributed by atoms with Gasteiger partial charge in [-0.1, -0.05) is 0 Å². The van der Waals surface area contributed by atoms with Gasteiger partial charge in [0.1, 0.15) is 6.54 Å². The van der Waals surface area contributed by atoms with Gasteiger partial charge in [0.05, 0.1) is 11.9 Å². The fourth-order valence-corrected chi connectivity index (χ4v) is 1.25. The van der Waals surface area contributed by atoms with E-state index in [0.29, 0.717) is 12.2 Å². The second-order valence-electron chi connectivity index (χ2n) is 4.06. The zero-order valence-electron chi connectivity index (χ0n) is 10.9. The number of rotatable bonds is 6. The topological polar surface area (TPSA) is 79.3 Å². The quantitative estimate of drug-likeness (QED) is 0.633. The SMILES string of the molecule is CNCCNc1cnn(CC(=O)N(C)C)c(=O)c1. The molecule has 100 valence electrons. The van der Waals surface area contributed by atoms with Crippen molar-refractivity contribution in [3.8, 4) is 0 Å². The van der Waals surface area contributed by atoms with Crippen LogP contribution in [0.1, 0.15) is 0 Å². The molecule has 0 saturated carbocycles. The van der Waals surface area contributed by atoms with Crippen LogP contribution in [-0.2, 0) is 11.3 Å². The maximum Gasteiger partial charge on any atom is 0.269 e. The predicted molar refractivity (Wildman–Crippen MR) is 69.6 cm³/mol. The Morgan fingerprint density at radius 1 is 1.44 bits per heavy atom. The zero-order chi connectivity index (χ0) is 13.5. The molecule has 0 aliphatic carbocycles. The van der Waals surface area contributed by atoms with Gasteiger partial charge >= 0.3 is 0 Å². The van der Waals surface area contributed by atoms with Crippen LogP contribution in [0.3, 0.4) is 0 Å². The molecule has 0 bridgehead atoms. The van der Waals surface area contributed by atoms with E-state index in [0.717, 1.165) is 11.2 Å². The lowest BCUT2D eigenvalue weighted by Crippen LogP contribution is -2.32. The van der Waals surface area contributed by atoms with Crippen LogP contribution in [0, 0.1) is 0 Å². The van der Waals surface area contributed by atoms with Crippen molar-refractivity contribution in [2.75, 3.05) is 39.5 Å². The Labute approximate surface area is 106 Å². The third-order valence-corrected chi connectivity index (χ3v) is 2.36. The molecule has 0 aliphatic rings. The molecule has 2 N–H and O–H groups in total. The van der Waals surface area contributed by atoms with Crippen LogP contribution in [0.4, 0.5) is 5.69 Å². The molecule has 0 saturated heterocycles. The molecule has 0 radical (unpaired) electrons. The lowest BCUT2D eigenvalue weighted by molar-refractivity contribution is -0.129. The smallest absolute Gasteiger partial charge is 0.269 e. The van der Waals surface area contributed by atoms with E-state index in [1.807, 2.05) is 7.05 Å². The van der Waals surface area contributed by atoms with Crippen LogP contribution in [-0.4, -0.2) is 54.8 Å². The van der Waals surface area contributed by atoms with Crippen LogP contribution in [0.5, 0.6) is 0 Å². The summed E-state index contributed by atoms with van der Waals surface area (Å²) in [6.45, 7) is 1.46. The summed E-state index contributed by atoms with van der Waals surface area (Å²) in [6, 6.07) is 1.44. The van der Waals surface area contributed by atoms with Gasteiger partial charge in [0.15, 0.2) is 0 Å². The van der Waals surface area contributed by atoms with E-state index in [2.05, 4.69) is 15.7 Å². The summed E-state index contributed by atoms with van der Waals surface area (Å²) in [5.41, 5.74) is 0.364. The van der Waals surface area contributed by atoms with E-state index in [-0.39, 0.29) is 18.0 Å². The van der Waals surface area contributed by atoms with Gasteiger partial charge < -0.3 is 15.5 Å². The number of carbonyl (C=O) groups is 1. The average Bonchev–Trinajstić information content (AvgIpc) is 2.32. The second kappa shape index (κ2) is 6.75. The second-order valence-corrected chi connectivity index (χ2v) is 4.06. The molecule has 1 aromatic heterocycles. The van der Waals surface area contributed by atoms with Crippen molar-refractivity contribution in [1.29, 1.82) is 0 Å². The van der Waals surface area contributed by atoms with Gasteiger partial charge in [-0.15, -0.1) is 0 Å². The number of hydrogen-bond donors (Lipinski definition) is 2. The van der Waals surface area contributed by atoms with Crippen LogP contribution in [0.15, 0.2) is 17.1 Å². The summed E-state index contributed by atoms with van der Waals surface area (Å²) in [6.07, 6.45) is 1.54. The van der Waals surface area contributed by atoms with E-state index in [4.69, 9.17) is 0 Å². The van der Waals surface area contributed by atoms with Crippen LogP contribution >= 0.6 is 0 Å². The molecule has 1 aromatic rings. The molecule has 0 atom stereocenters. The number of likely N-dealkylation sites (N-methyl/N-ethyl adjacent to an activating group) is 2. The fourth-order valence-electron chi connectivity index (χ4n) is 1.25. The highest BCUT2D eigenvalue weighted by atomic mass is 16.2. The Morgan fingerprint density at radius 2 is 2.17 bits per heavy atom. The third kappa shape index (κ3) is 4.17. The van der Waals surface area contributed by atoms with Gasteiger partial charge in [-0.3, -0.25) is 9.59 Å². The monoisotopic (exact) mass is 253 g/mol. The number of hydrogen-bond acceptors (Lipinski definition) is 5. The Hall–Kier alpha value is -1.89. The number of anilines is 1. The van der Waals surface area contributed by atoms with Crippen LogP contribution < -0.4 is 16.2 Å². The number of aromatic nitrogens is 2. The molecule has 0 fully saturated rings. The highest BCUT2D eigenvalue weighted by Crippen LogP contribution is 1.98. The van der Waals surface area contributed by atoms with Crippen molar-refractivity contribution >= 4 is 11.6 Å². The molecular formula is C11H19N5O2. The average molecular weight is 253 g/mol. The van der Waals surface area contributed by atoms with E-state index in [9.17, 15) is 9.59 Å². The molecule has 7 heteroatoms. The van der Waals surface area contributed by atoms with E-state index in [1.165, 1.54) is 11.0 Å². The van der Waals surface area contributed by atoms with Crippen molar-refractivity contribution < 1.29 is 4.79 Å². The summed E-state index contributed by atoms with van der Waals surface area (Å²) in [4.78, 5) is 24.6. The van der Waals surface area contributed by atoms with Gasteiger partial charge in [0, 0.05) is 33.3 Å². The number of carbonyl (C=O) groups excluding carboxylic acids is 1. The normalized spacial score (nSPS) is 10.2. The minimum atomic E-state index is -0.292. The van der Waals surface area contributed by atoms with Gasteiger partial charge in [-0.2, -0.15) is 5.10 Å². The van der Waals surface area contributed by atoms with Gasteiger partial charge in [0.25, 0.3) is 5.56 Å². The summed E-state index contributed by atoms with van der Waals surface area (Å²) >= 11 is 0. The van der Waals surface area contributed by atoms with E-state index >= 15 is 0 Å². The summed E-state index contributed by atoms with van der Waals surface area (Å²) in [5.74, 6) is -0.166. The third-order valence-electron chi connectivity index (χ3n) is 2.36. The van der Waals surface area contributed by atoms with E-state index < -0.39 is 0 Å². The first-order valence-corrected chi connectivity index (χ1v) is 5.70. The maximum absolute atomic E-state index is 11.7. The van der Waals surface area contributed by atoms with E-state index in [1.54, 1.807) is 20.3 Å². The standard InChI is InChI=1S/C11H19N5O2/c1-12-4-5-13-9-6-10(17)16(14-7-9)8-11(18)15(2)3/h6-7,12-13H,4-5,8H2,1-3H3. The Morgan fingerprint density at radius 3 is 2.72 bits per heavy atom. The number of nitrogens with zero attached hydrogens (tertiary/aromatic N) is 3. The summed E-state index contributed by atoms with van der Waals surface area (Å²) < 4.78 is 1.14. The predicted octanol–water partition coefficient (Wildman–Crippen LogP) is -1.04. The molecule has 1 heterocycles. The first-order chi connectivity index (χ1) is 8.54. The lowest BCUT2D eigenvalue weighted by Gasteiger charge is -2.11. The molecule has 7 nitrogen and oxygen atoms in total. The minimum absolute atomic E-state index is 0.0391. The first-order valence-electron chi connectivity index (χ1n) is 5.70. The zero-order valence-corrected chi connectivity index (χ0v) is 10.9. The van der Waals surface area contributed by atoms with Crippen LogP contribution in [0.2, 0.25) is 0 Å². The Kier molecular flexibility index (Phi) is 5.31. The molecule has 18 heavy (non-hydrogen) atoms. The molecule has 0 spiro atoms. The largest absolute Gasteiger partial charge is 0.382 e. The number of nitrogens with one attached hydrogen (secondary N) is 2. The van der Waals surface area contributed by atoms with Gasteiger partial charge in [-0.25, -0.2) is 4.68 Å². The summed E-state index contributed by atoms with van der Waals surface area (Å²) in [5, 5.41) is 10.00. The van der Waals surface area contributed by atoms with Crippen molar-refractivity contribution in [2.24, 2.45) is 0 Å². The van der Waals surface area contributed by atoms with Gasteiger partial charge in [0.2, 0.25) is 5.91 Å². The lowest BCUT2D eigenvalue weighted by atomic mass is 10.4. The Bertz CT molecular complexity index is 455.